The van der Waals surface area contributed by atoms with E-state index in [1.165, 1.54) is 16.8 Å². The van der Waals surface area contributed by atoms with Gasteiger partial charge in [-0.2, -0.15) is 4.68 Å². The van der Waals surface area contributed by atoms with Crippen molar-refractivity contribution < 1.29 is 4.92 Å². The van der Waals surface area contributed by atoms with E-state index < -0.39 is 4.92 Å². The summed E-state index contributed by atoms with van der Waals surface area (Å²) in [5.41, 5.74) is 5.90. The van der Waals surface area contributed by atoms with Gasteiger partial charge in [0.1, 0.15) is 0 Å². The number of nitrogens with two attached hydrogens (primary N) is 1. The van der Waals surface area contributed by atoms with Crippen molar-refractivity contribution >= 4 is 21.6 Å². The Morgan fingerprint density at radius 3 is 2.94 bits per heavy atom. The molecule has 0 unspecified atom stereocenters. The van der Waals surface area contributed by atoms with Crippen LogP contribution in [0.25, 0.3) is 5.69 Å². The molecule has 0 fully saturated rings. The van der Waals surface area contributed by atoms with Gasteiger partial charge < -0.3 is 5.73 Å². The van der Waals surface area contributed by atoms with Gasteiger partial charge in [-0.05, 0) is 32.4 Å². The summed E-state index contributed by atoms with van der Waals surface area (Å²) in [6.45, 7) is 0.141. The second kappa shape index (κ2) is 4.55. The molecule has 0 saturated carbocycles. The van der Waals surface area contributed by atoms with Crippen molar-refractivity contribution in [3.8, 4) is 5.69 Å². The molecule has 1 aromatic carbocycles. The Morgan fingerprint density at radius 2 is 2.29 bits per heavy atom. The fourth-order valence-electron chi connectivity index (χ4n) is 1.30. The summed E-state index contributed by atoms with van der Waals surface area (Å²) in [4.78, 5) is 10.2. The minimum atomic E-state index is -0.484. The van der Waals surface area contributed by atoms with Gasteiger partial charge in [0.2, 0.25) is 0 Å². The third kappa shape index (κ3) is 2.15. The minimum absolute atomic E-state index is 0.0401. The zero-order chi connectivity index (χ0) is 12.4. The Bertz CT molecular complexity index is 569. The van der Waals surface area contributed by atoms with Crippen LogP contribution in [0.1, 0.15) is 5.82 Å². The molecule has 0 aliphatic rings. The van der Waals surface area contributed by atoms with Gasteiger partial charge in [0.25, 0.3) is 5.69 Å². The summed E-state index contributed by atoms with van der Waals surface area (Å²) in [5, 5.41) is 21.6. The first-order valence-electron chi connectivity index (χ1n) is 4.55. The molecule has 1 heterocycles. The number of aromatic nitrogens is 4. The van der Waals surface area contributed by atoms with Crippen LogP contribution in [0.4, 0.5) is 5.69 Å². The molecular formula is C8H7BrN6O2. The van der Waals surface area contributed by atoms with E-state index in [-0.39, 0.29) is 12.2 Å². The summed E-state index contributed by atoms with van der Waals surface area (Å²) in [6.07, 6.45) is 0. The first kappa shape index (κ1) is 11.6. The molecule has 17 heavy (non-hydrogen) atoms. The maximum Gasteiger partial charge on any atom is 0.271 e. The first-order valence-corrected chi connectivity index (χ1v) is 5.34. The van der Waals surface area contributed by atoms with E-state index in [9.17, 15) is 10.1 Å². The number of hydrogen-bond donors (Lipinski definition) is 1. The highest BCUT2D eigenvalue weighted by molar-refractivity contribution is 9.10. The predicted octanol–water partition coefficient (Wildman–Crippen LogP) is 0.792. The van der Waals surface area contributed by atoms with Crippen molar-refractivity contribution in [2.75, 3.05) is 0 Å². The molecule has 0 aliphatic carbocycles. The van der Waals surface area contributed by atoms with Gasteiger partial charge in [-0.25, -0.2) is 0 Å². The van der Waals surface area contributed by atoms with Crippen LogP contribution in [-0.4, -0.2) is 25.1 Å². The lowest BCUT2D eigenvalue weighted by molar-refractivity contribution is -0.384. The Labute approximate surface area is 104 Å². The Balaban J connectivity index is 2.58. The van der Waals surface area contributed by atoms with Crippen LogP contribution in [0, 0.1) is 10.1 Å². The molecule has 0 atom stereocenters. The minimum Gasteiger partial charge on any atom is -0.324 e. The van der Waals surface area contributed by atoms with Gasteiger partial charge in [0.15, 0.2) is 5.82 Å². The van der Waals surface area contributed by atoms with Gasteiger partial charge in [-0.1, -0.05) is 0 Å². The molecule has 0 bridgehead atoms. The maximum atomic E-state index is 10.7. The van der Waals surface area contributed by atoms with E-state index in [0.29, 0.717) is 16.0 Å². The van der Waals surface area contributed by atoms with E-state index in [4.69, 9.17) is 5.73 Å². The third-order valence-electron chi connectivity index (χ3n) is 2.09. The molecule has 0 saturated heterocycles. The Morgan fingerprint density at radius 1 is 1.53 bits per heavy atom. The normalized spacial score (nSPS) is 10.5. The number of nitro groups is 1. The van der Waals surface area contributed by atoms with Crippen LogP contribution in [0.15, 0.2) is 22.7 Å². The fraction of sp³-hybridized carbons (Fsp3) is 0.125. The van der Waals surface area contributed by atoms with Crippen LogP contribution in [0.5, 0.6) is 0 Å². The second-order valence-corrected chi connectivity index (χ2v) is 3.96. The Hall–Kier alpha value is -1.87. The Kier molecular flexibility index (Phi) is 3.11. The van der Waals surface area contributed by atoms with Crippen molar-refractivity contribution in [2.45, 2.75) is 6.54 Å². The second-order valence-electron chi connectivity index (χ2n) is 3.10. The van der Waals surface area contributed by atoms with Gasteiger partial charge in [-0.3, -0.25) is 10.1 Å². The number of non-ortho nitro benzene ring substituents is 1. The van der Waals surface area contributed by atoms with Crippen molar-refractivity contribution in [3.63, 3.8) is 0 Å². The molecule has 0 aliphatic heterocycles. The molecule has 0 amide bonds. The lowest BCUT2D eigenvalue weighted by Gasteiger charge is -2.05. The standard InChI is InChI=1S/C8H7BrN6O2/c9-6-2-1-5(15(16)17)3-7(6)14-8(4-10)11-12-13-14/h1-3H,4,10H2. The number of rotatable bonds is 3. The monoisotopic (exact) mass is 298 g/mol. The molecule has 9 heteroatoms. The van der Waals surface area contributed by atoms with E-state index in [1.807, 2.05) is 0 Å². The number of benzene rings is 1. The third-order valence-corrected chi connectivity index (χ3v) is 2.76. The molecule has 88 valence electrons. The SMILES string of the molecule is NCc1nnnn1-c1cc([N+](=O)[O-])ccc1Br. The molecule has 0 spiro atoms. The highest BCUT2D eigenvalue weighted by Gasteiger charge is 2.14. The summed E-state index contributed by atoms with van der Waals surface area (Å²) in [6, 6.07) is 4.33. The zero-order valence-corrected chi connectivity index (χ0v) is 10.0. The van der Waals surface area contributed by atoms with Crippen LogP contribution in [-0.2, 0) is 6.54 Å². The number of tetrazole rings is 1. The average molecular weight is 299 g/mol. The summed E-state index contributed by atoms with van der Waals surface area (Å²) >= 11 is 3.28. The molecule has 0 radical (unpaired) electrons. The predicted molar refractivity (Wildman–Crippen MR) is 61.4 cm³/mol. The van der Waals surface area contributed by atoms with E-state index in [1.54, 1.807) is 6.07 Å². The fourth-order valence-corrected chi connectivity index (χ4v) is 1.71. The van der Waals surface area contributed by atoms with Crippen molar-refractivity contribution in [3.05, 3.63) is 38.6 Å². The maximum absolute atomic E-state index is 10.7. The van der Waals surface area contributed by atoms with Crippen molar-refractivity contribution in [1.29, 1.82) is 0 Å². The smallest absolute Gasteiger partial charge is 0.271 e. The van der Waals surface area contributed by atoms with E-state index >= 15 is 0 Å². The molecule has 2 N–H and O–H groups in total. The quantitative estimate of drug-likeness (QED) is 0.662. The summed E-state index contributed by atoms with van der Waals surface area (Å²) in [5.74, 6) is 0.422. The lowest BCUT2D eigenvalue weighted by Crippen LogP contribution is -2.08. The lowest BCUT2D eigenvalue weighted by atomic mass is 10.3. The van der Waals surface area contributed by atoms with Crippen LogP contribution < -0.4 is 5.73 Å². The van der Waals surface area contributed by atoms with E-state index in [2.05, 4.69) is 31.5 Å². The average Bonchev–Trinajstić information content (AvgIpc) is 2.77. The highest BCUT2D eigenvalue weighted by atomic mass is 79.9. The largest absolute Gasteiger partial charge is 0.324 e. The van der Waals surface area contributed by atoms with Crippen molar-refractivity contribution in [2.24, 2.45) is 5.73 Å². The van der Waals surface area contributed by atoms with Gasteiger partial charge in [-0.15, -0.1) is 5.10 Å². The van der Waals surface area contributed by atoms with E-state index in [0.717, 1.165) is 0 Å². The zero-order valence-electron chi connectivity index (χ0n) is 8.45. The van der Waals surface area contributed by atoms with Gasteiger partial charge in [0, 0.05) is 16.6 Å². The molecular weight excluding hydrogens is 292 g/mol. The van der Waals surface area contributed by atoms with Crippen LogP contribution in [0.3, 0.4) is 0 Å². The number of nitrogens with zero attached hydrogens (tertiary/aromatic N) is 5. The van der Waals surface area contributed by atoms with Gasteiger partial charge >= 0.3 is 0 Å². The van der Waals surface area contributed by atoms with Crippen LogP contribution in [0.2, 0.25) is 0 Å². The summed E-state index contributed by atoms with van der Waals surface area (Å²) < 4.78 is 2.00. The van der Waals surface area contributed by atoms with Crippen LogP contribution >= 0.6 is 15.9 Å². The number of halogens is 1. The molecule has 2 aromatic rings. The number of nitro benzene ring substituents is 1. The topological polar surface area (TPSA) is 113 Å². The number of hydrogen-bond acceptors (Lipinski definition) is 6. The first-order chi connectivity index (χ1) is 8.13. The van der Waals surface area contributed by atoms with Crippen molar-refractivity contribution in [1.82, 2.24) is 20.2 Å². The molecule has 1 aromatic heterocycles. The van der Waals surface area contributed by atoms with Gasteiger partial charge in [0.05, 0.1) is 17.2 Å². The highest BCUT2D eigenvalue weighted by Crippen LogP contribution is 2.25. The molecule has 8 nitrogen and oxygen atoms in total. The summed E-state index contributed by atoms with van der Waals surface area (Å²) in [7, 11) is 0. The molecule has 2 rings (SSSR count).